The number of phosphoric acid groups is 3. The van der Waals surface area contributed by atoms with Gasteiger partial charge < -0.3 is 54.4 Å². The van der Waals surface area contributed by atoms with E-state index in [0.29, 0.717) is 3.57 Å². The topological polar surface area (TPSA) is 272 Å². The minimum absolute atomic E-state index is 0.0236. The van der Waals surface area contributed by atoms with Gasteiger partial charge in [-0.1, -0.05) is 0 Å². The van der Waals surface area contributed by atoms with Gasteiger partial charge in [0.2, 0.25) is 0 Å². The van der Waals surface area contributed by atoms with Gasteiger partial charge >= 0.3 is 5.69 Å². The second-order valence-electron chi connectivity index (χ2n) is 10.9. The molecule has 0 aliphatic carbocycles. The van der Waals surface area contributed by atoms with E-state index in [4.69, 9.17) is 15.4 Å². The van der Waals surface area contributed by atoms with E-state index in [1.165, 1.54) is 65.1 Å². The number of hydrogen-bond donors (Lipinski definition) is 6. The van der Waals surface area contributed by atoms with Crippen molar-refractivity contribution in [2.24, 2.45) is 0 Å². The van der Waals surface area contributed by atoms with Gasteiger partial charge in [0.05, 0.1) is 75.2 Å². The molecule has 0 amide bonds. The third-order valence-corrected chi connectivity index (χ3v) is 12.3. The number of anilines is 1. The molecule has 0 radical (unpaired) electrons. The molecule has 23 heteroatoms. The molecule has 6 atom stereocenters. The maximum atomic E-state index is 11.9. The summed E-state index contributed by atoms with van der Waals surface area (Å²) in [5.41, 5.74) is 4.70. The zero-order chi connectivity index (χ0) is 39.3. The minimum atomic E-state index is -6.03. The first-order chi connectivity index (χ1) is 23.1. The average molecular weight is 897 g/mol. The van der Waals surface area contributed by atoms with Crippen molar-refractivity contribution in [1.82, 2.24) is 9.55 Å². The number of nitrogens with zero attached hydrogens (tertiary/aromatic N) is 2. The largest absolute Gasteiger partial charge is 0.756 e. The number of aliphatic hydroxyl groups excluding tert-OH is 1. The maximum Gasteiger partial charge on any atom is 0.351 e. The predicted octanol–water partition coefficient (Wildman–Crippen LogP) is -2.68. The van der Waals surface area contributed by atoms with Crippen molar-refractivity contribution in [3.8, 4) is 0 Å². The highest BCUT2D eigenvalue weighted by Crippen LogP contribution is 2.61. The van der Waals surface area contributed by atoms with Gasteiger partial charge in [0.15, 0.2) is 0 Å². The molecule has 0 bridgehead atoms. The van der Waals surface area contributed by atoms with Gasteiger partial charge in [0, 0.05) is 12.6 Å². The van der Waals surface area contributed by atoms with Gasteiger partial charge in [-0.25, -0.2) is 13.4 Å². The molecule has 1 saturated heterocycles. The van der Waals surface area contributed by atoms with E-state index < -0.39 is 54.2 Å². The first kappa shape index (κ1) is 51.7. The molecule has 50 heavy (non-hydrogen) atoms. The van der Waals surface area contributed by atoms with Crippen LogP contribution in [0.3, 0.4) is 0 Å². The summed E-state index contributed by atoms with van der Waals surface area (Å²) in [6.07, 6.45) is -2.61. The van der Waals surface area contributed by atoms with Crippen LogP contribution in [0, 0.1) is 3.57 Å². The lowest BCUT2D eigenvalue weighted by Crippen LogP contribution is -3.11. The van der Waals surface area contributed by atoms with E-state index in [9.17, 15) is 38.3 Å². The smallest absolute Gasteiger partial charge is 0.351 e. The number of aromatic nitrogens is 2. The van der Waals surface area contributed by atoms with Crippen LogP contribution in [0.1, 0.15) is 75.0 Å². The summed E-state index contributed by atoms with van der Waals surface area (Å²) in [6, 6.07) is 0. The fraction of sp³-hybridized carbons (Fsp3) is 0.852. The minimum Gasteiger partial charge on any atom is -0.756 e. The molecule has 1 aliphatic rings. The highest BCUT2D eigenvalue weighted by molar-refractivity contribution is 14.1. The lowest BCUT2D eigenvalue weighted by Gasteiger charge is -2.33. The van der Waals surface area contributed by atoms with Crippen LogP contribution in [0.5, 0.6) is 0 Å². The summed E-state index contributed by atoms with van der Waals surface area (Å²) in [6.45, 7) is 30.5. The number of halogens is 1. The maximum absolute atomic E-state index is 11.9. The molecule has 1 aromatic rings. The Hall–Kier alpha value is -0.380. The Kier molecular flexibility index (Phi) is 27.3. The molecular weight excluding hydrogens is 836 g/mol. The van der Waals surface area contributed by atoms with Crippen LogP contribution in [0.2, 0.25) is 0 Å². The Bertz CT molecular complexity index is 1220. The Morgan fingerprint density at radius 3 is 1.60 bits per heavy atom. The van der Waals surface area contributed by atoms with Gasteiger partial charge in [0.1, 0.15) is 18.1 Å². The zero-order valence-electron chi connectivity index (χ0n) is 30.7. The van der Waals surface area contributed by atoms with E-state index >= 15 is 0 Å². The number of rotatable bonds is 17. The Balaban J connectivity index is 0. The third-order valence-electron chi connectivity index (χ3n) is 7.75. The van der Waals surface area contributed by atoms with Crippen LogP contribution in [-0.2, 0) is 31.6 Å². The highest BCUT2D eigenvalue weighted by atomic mass is 127. The third kappa shape index (κ3) is 22.6. The molecule has 0 spiro atoms. The molecule has 19 nitrogen and oxygen atoms in total. The van der Waals surface area contributed by atoms with Crippen molar-refractivity contribution in [1.29, 1.82) is 0 Å². The molecule has 0 aromatic carbocycles. The Morgan fingerprint density at radius 2 is 1.26 bits per heavy atom. The number of nitrogens with one attached hydrogen (secondary N) is 3. The van der Waals surface area contributed by atoms with Gasteiger partial charge in [-0.05, 0) is 84.9 Å². The average Bonchev–Trinajstić information content (AvgIpc) is 3.39. The molecule has 1 fully saturated rings. The predicted molar refractivity (Wildman–Crippen MR) is 191 cm³/mol. The van der Waals surface area contributed by atoms with Crippen LogP contribution in [0.4, 0.5) is 5.82 Å². The number of ether oxygens (including phenoxy) is 1. The molecule has 1 aromatic heterocycles. The van der Waals surface area contributed by atoms with Crippen LogP contribution < -0.4 is 40.8 Å². The lowest BCUT2D eigenvalue weighted by molar-refractivity contribution is -0.894. The summed E-state index contributed by atoms with van der Waals surface area (Å²) in [4.78, 5) is 61.8. The number of nitrogen functional groups attached to an aromatic ring is 1. The van der Waals surface area contributed by atoms with Crippen molar-refractivity contribution < 1.29 is 71.0 Å². The monoisotopic (exact) mass is 896 g/mol. The standard InChI is InChI=1S/C9H15IN3O13P3.3C6H15N/c10-4-2-13(9(15)12-8(4)11)7-1-5(14)6(24-7)3-23-28(19,20)26-29(21,22)25-27(16,17)18;3*1-4-7(5-2)6-3/h2,5-7,14H,1,3H2,(H,19,20)(H,21,22)(H2,11,12,15)(H2,16,17,18);3*4-6H2,1-3H3/t5-,6+,7+;;;/m0.../s1. The Labute approximate surface area is 310 Å². The molecule has 0 saturated carbocycles. The first-order valence-electron chi connectivity index (χ1n) is 16.7. The number of quaternary nitrogens is 3. The molecule has 2 heterocycles. The van der Waals surface area contributed by atoms with Crippen molar-refractivity contribution in [3.63, 3.8) is 0 Å². The van der Waals surface area contributed by atoms with E-state index in [2.05, 4.69) is 80.4 Å². The van der Waals surface area contributed by atoms with Gasteiger partial charge in [0.25, 0.3) is 23.5 Å². The second-order valence-corrected chi connectivity index (χ2v) is 16.3. The summed E-state index contributed by atoms with van der Waals surface area (Å²) < 4.78 is 50.5. The van der Waals surface area contributed by atoms with Crippen LogP contribution >= 0.6 is 46.1 Å². The molecule has 298 valence electrons. The van der Waals surface area contributed by atoms with Crippen LogP contribution in [-0.4, -0.2) is 97.3 Å². The molecular formula is C27H60IN6O13P3. The fourth-order valence-corrected chi connectivity index (χ4v) is 7.72. The van der Waals surface area contributed by atoms with Crippen molar-refractivity contribution in [2.75, 3.05) is 71.2 Å². The quantitative estimate of drug-likeness (QED) is 0.0687. The number of phosphoric ester groups is 1. The number of aliphatic hydroxyl groups is 1. The van der Waals surface area contributed by atoms with E-state index in [1.54, 1.807) is 37.3 Å². The molecule has 7 N–H and O–H groups in total. The van der Waals surface area contributed by atoms with Gasteiger partial charge in [-0.2, -0.15) is 4.98 Å². The lowest BCUT2D eigenvalue weighted by atomic mass is 10.2. The normalized spacial score (nSPS) is 20.8. The summed E-state index contributed by atoms with van der Waals surface area (Å²) in [5.74, 6) is -0.0236. The SMILES string of the molecule is CC[NH+](CC)CC.CC[NH+](CC)CC.CC[NH+](CC)CC.Nc1nc(=O)n([C@H]2C[C@H](O)[C@@H](COP(=O)([O-])OP(=O)([O-])OP(=O)([O-])O)O2)cc1I. The van der Waals surface area contributed by atoms with Crippen molar-refractivity contribution in [2.45, 2.75) is 87.2 Å². The second kappa shape index (κ2) is 26.4. The first-order valence-corrected chi connectivity index (χ1v) is 22.2. The van der Waals surface area contributed by atoms with Gasteiger partial charge in [-0.3, -0.25) is 18.3 Å². The van der Waals surface area contributed by atoms with E-state index in [1.807, 2.05) is 0 Å². The van der Waals surface area contributed by atoms with Crippen LogP contribution in [0.25, 0.3) is 0 Å². The van der Waals surface area contributed by atoms with E-state index in [-0.39, 0.29) is 12.2 Å². The molecule has 3 unspecified atom stereocenters. The van der Waals surface area contributed by atoms with Crippen molar-refractivity contribution in [3.05, 3.63) is 20.3 Å². The summed E-state index contributed by atoms with van der Waals surface area (Å²) in [7, 11) is -17.6. The van der Waals surface area contributed by atoms with Crippen molar-refractivity contribution >= 4 is 51.9 Å². The summed E-state index contributed by atoms with van der Waals surface area (Å²) >= 11 is 1.80. The fourth-order valence-electron chi connectivity index (χ4n) is 4.40. The Morgan fingerprint density at radius 1 is 0.860 bits per heavy atom. The number of hydrogen-bond acceptors (Lipinski definition) is 14. The van der Waals surface area contributed by atoms with E-state index in [0.717, 1.165) is 4.57 Å². The highest BCUT2D eigenvalue weighted by Gasteiger charge is 2.37. The number of nitrogens with two attached hydrogens (primary N) is 1. The van der Waals surface area contributed by atoms with Gasteiger partial charge in [-0.15, -0.1) is 0 Å². The summed E-state index contributed by atoms with van der Waals surface area (Å²) in [5, 5.41) is 9.97. The molecule has 1 aliphatic heterocycles. The van der Waals surface area contributed by atoms with Crippen LogP contribution in [0.15, 0.2) is 11.0 Å². The molecule has 2 rings (SSSR count). The zero-order valence-corrected chi connectivity index (χ0v) is 35.5.